The van der Waals surface area contributed by atoms with Crippen molar-refractivity contribution in [1.29, 1.82) is 0 Å². The van der Waals surface area contributed by atoms with Gasteiger partial charge in [-0.05, 0) is 36.8 Å². The van der Waals surface area contributed by atoms with Crippen LogP contribution in [0.5, 0.6) is 0 Å². The average molecular weight is 394 g/mol. The Labute approximate surface area is 156 Å². The number of thiazole rings is 1. The summed E-state index contributed by atoms with van der Waals surface area (Å²) in [7, 11) is 0. The van der Waals surface area contributed by atoms with E-state index >= 15 is 0 Å². The zero-order valence-electron chi connectivity index (χ0n) is 14.0. The molecule has 3 aromatic rings. The summed E-state index contributed by atoms with van der Waals surface area (Å²) in [5.74, 6) is -1.92. The molecular weight excluding hydrogens is 380 g/mol. The number of alkyl halides is 3. The zero-order valence-corrected chi connectivity index (χ0v) is 14.9. The Bertz CT molecular complexity index is 955. The van der Waals surface area contributed by atoms with E-state index < -0.39 is 35.1 Å². The normalized spacial score (nSPS) is 12.6. The Morgan fingerprint density at radius 3 is 2.63 bits per heavy atom. The molecule has 0 aliphatic carbocycles. The van der Waals surface area contributed by atoms with Gasteiger partial charge in [0.2, 0.25) is 0 Å². The Kier molecular flexibility index (Phi) is 5.27. The number of carbonyl (C=O) groups is 1. The molecule has 3 rings (SSSR count). The van der Waals surface area contributed by atoms with Gasteiger partial charge in [-0.3, -0.25) is 4.79 Å². The molecule has 140 valence electrons. The van der Waals surface area contributed by atoms with E-state index in [2.05, 4.69) is 10.3 Å². The van der Waals surface area contributed by atoms with Crippen LogP contribution in [0.3, 0.4) is 0 Å². The summed E-state index contributed by atoms with van der Waals surface area (Å²) in [6.45, 7) is 1.67. The maximum atomic E-state index is 13.9. The van der Waals surface area contributed by atoms with Gasteiger partial charge in [0.25, 0.3) is 5.91 Å². The first kappa shape index (κ1) is 19.0. The van der Waals surface area contributed by atoms with Crippen molar-refractivity contribution in [3.63, 3.8) is 0 Å². The lowest BCUT2D eigenvalue weighted by atomic mass is 10.0. The second-order valence-electron chi connectivity index (χ2n) is 5.85. The predicted octanol–water partition coefficient (Wildman–Crippen LogP) is 5.46. The molecule has 1 amide bonds. The molecule has 0 spiro atoms. The van der Waals surface area contributed by atoms with E-state index in [-0.39, 0.29) is 0 Å². The van der Waals surface area contributed by atoms with Crippen molar-refractivity contribution in [2.24, 2.45) is 0 Å². The first-order chi connectivity index (χ1) is 12.8. The Hall–Kier alpha value is -2.74. The highest BCUT2D eigenvalue weighted by atomic mass is 32.1. The van der Waals surface area contributed by atoms with Gasteiger partial charge in [0.1, 0.15) is 10.8 Å². The molecule has 0 aliphatic rings. The first-order valence-corrected chi connectivity index (χ1v) is 8.81. The van der Waals surface area contributed by atoms with Crippen LogP contribution in [0.4, 0.5) is 17.6 Å². The van der Waals surface area contributed by atoms with E-state index in [0.29, 0.717) is 18.2 Å². The molecule has 1 atom stereocenters. The Balaban J connectivity index is 1.81. The summed E-state index contributed by atoms with van der Waals surface area (Å²) in [5.41, 5.74) is -0.141. The number of aromatic nitrogens is 1. The van der Waals surface area contributed by atoms with Crippen LogP contribution in [0.1, 0.15) is 34.5 Å². The number of nitrogens with one attached hydrogen (secondary N) is 1. The average Bonchev–Trinajstić information content (AvgIpc) is 3.15. The Morgan fingerprint density at radius 1 is 1.19 bits per heavy atom. The van der Waals surface area contributed by atoms with Crippen LogP contribution >= 0.6 is 11.3 Å². The lowest BCUT2D eigenvalue weighted by Crippen LogP contribution is -2.28. The second kappa shape index (κ2) is 7.48. The number of halogens is 4. The van der Waals surface area contributed by atoms with E-state index in [0.717, 1.165) is 16.1 Å². The van der Waals surface area contributed by atoms with Crippen LogP contribution in [-0.4, -0.2) is 10.9 Å². The standard InChI is InChI=1S/C19H14F4N2OS/c1-11(12-3-2-4-13(9-12)18-24-7-8-27-18)25-17(26)15-10-14(19(21,22)23)5-6-16(15)20/h2-11H,1H3,(H,25,26). The maximum Gasteiger partial charge on any atom is 0.416 e. The monoisotopic (exact) mass is 394 g/mol. The van der Waals surface area contributed by atoms with Crippen molar-refractivity contribution in [2.45, 2.75) is 19.1 Å². The fourth-order valence-corrected chi connectivity index (χ4v) is 3.18. The number of hydrogen-bond acceptors (Lipinski definition) is 3. The van der Waals surface area contributed by atoms with Gasteiger partial charge < -0.3 is 5.32 Å². The van der Waals surface area contributed by atoms with Crippen molar-refractivity contribution in [3.8, 4) is 10.6 Å². The molecule has 1 heterocycles. The second-order valence-corrected chi connectivity index (χ2v) is 6.74. The van der Waals surface area contributed by atoms with Gasteiger partial charge in [0.15, 0.2) is 0 Å². The van der Waals surface area contributed by atoms with Crippen molar-refractivity contribution in [3.05, 3.63) is 76.5 Å². The van der Waals surface area contributed by atoms with E-state index in [9.17, 15) is 22.4 Å². The third kappa shape index (κ3) is 4.33. The highest BCUT2D eigenvalue weighted by Gasteiger charge is 2.32. The van der Waals surface area contributed by atoms with E-state index in [1.54, 1.807) is 25.3 Å². The van der Waals surface area contributed by atoms with Gasteiger partial charge in [-0.2, -0.15) is 13.2 Å². The molecule has 0 saturated carbocycles. The van der Waals surface area contributed by atoms with Crippen LogP contribution in [0.15, 0.2) is 54.0 Å². The highest BCUT2D eigenvalue weighted by molar-refractivity contribution is 7.13. The van der Waals surface area contributed by atoms with Gasteiger partial charge >= 0.3 is 6.18 Å². The molecule has 0 radical (unpaired) electrons. The van der Waals surface area contributed by atoms with Crippen LogP contribution in [0.2, 0.25) is 0 Å². The summed E-state index contributed by atoms with van der Waals surface area (Å²) in [6, 6.07) is 8.48. The minimum Gasteiger partial charge on any atom is -0.345 e. The zero-order chi connectivity index (χ0) is 19.6. The van der Waals surface area contributed by atoms with Gasteiger partial charge in [0.05, 0.1) is 17.2 Å². The quantitative estimate of drug-likeness (QED) is 0.597. The largest absolute Gasteiger partial charge is 0.416 e. The summed E-state index contributed by atoms with van der Waals surface area (Å²) in [6.07, 6.45) is -2.98. The molecular formula is C19H14F4N2OS. The molecule has 0 bridgehead atoms. The minimum atomic E-state index is -4.66. The number of benzene rings is 2. The number of amides is 1. The van der Waals surface area contributed by atoms with E-state index in [4.69, 9.17) is 0 Å². The van der Waals surface area contributed by atoms with Crippen LogP contribution in [0.25, 0.3) is 10.6 Å². The molecule has 1 aromatic heterocycles. The van der Waals surface area contributed by atoms with Crippen LogP contribution in [0, 0.1) is 5.82 Å². The molecule has 0 aliphatic heterocycles. The number of nitrogens with zero attached hydrogens (tertiary/aromatic N) is 1. The van der Waals surface area contributed by atoms with Crippen molar-refractivity contribution in [1.82, 2.24) is 10.3 Å². The summed E-state index contributed by atoms with van der Waals surface area (Å²) >= 11 is 1.46. The minimum absolute atomic E-state index is 0.517. The maximum absolute atomic E-state index is 13.9. The number of carbonyl (C=O) groups excluding carboxylic acids is 1. The summed E-state index contributed by atoms with van der Waals surface area (Å²) in [5, 5.41) is 5.18. The van der Waals surface area contributed by atoms with Gasteiger partial charge in [-0.1, -0.05) is 18.2 Å². The molecule has 3 nitrogen and oxygen atoms in total. The molecule has 8 heteroatoms. The van der Waals surface area contributed by atoms with Crippen LogP contribution < -0.4 is 5.32 Å². The number of hydrogen-bond donors (Lipinski definition) is 1. The number of rotatable bonds is 4. The predicted molar refractivity (Wildman–Crippen MR) is 94.8 cm³/mol. The third-order valence-electron chi connectivity index (χ3n) is 3.95. The van der Waals surface area contributed by atoms with Gasteiger partial charge in [-0.25, -0.2) is 9.37 Å². The lowest BCUT2D eigenvalue weighted by Gasteiger charge is -2.16. The van der Waals surface area contributed by atoms with Crippen molar-refractivity contribution >= 4 is 17.2 Å². The SMILES string of the molecule is CC(NC(=O)c1cc(C(F)(F)F)ccc1F)c1cccc(-c2nccs2)c1. The Morgan fingerprint density at radius 2 is 1.96 bits per heavy atom. The fraction of sp³-hybridized carbons (Fsp3) is 0.158. The van der Waals surface area contributed by atoms with E-state index in [1.807, 2.05) is 17.5 Å². The van der Waals surface area contributed by atoms with Crippen molar-refractivity contribution < 1.29 is 22.4 Å². The molecule has 0 saturated heterocycles. The smallest absolute Gasteiger partial charge is 0.345 e. The molecule has 0 fully saturated rings. The fourth-order valence-electron chi connectivity index (χ4n) is 2.54. The summed E-state index contributed by atoms with van der Waals surface area (Å²) < 4.78 is 52.3. The molecule has 27 heavy (non-hydrogen) atoms. The van der Waals surface area contributed by atoms with Crippen LogP contribution in [-0.2, 0) is 6.18 Å². The first-order valence-electron chi connectivity index (χ1n) is 7.93. The molecule has 1 N–H and O–H groups in total. The third-order valence-corrected chi connectivity index (χ3v) is 4.77. The van der Waals surface area contributed by atoms with Gasteiger partial charge in [-0.15, -0.1) is 11.3 Å². The topological polar surface area (TPSA) is 42.0 Å². The van der Waals surface area contributed by atoms with E-state index in [1.165, 1.54) is 11.3 Å². The summed E-state index contributed by atoms with van der Waals surface area (Å²) in [4.78, 5) is 16.5. The van der Waals surface area contributed by atoms with Gasteiger partial charge in [0, 0.05) is 17.1 Å². The lowest BCUT2D eigenvalue weighted by molar-refractivity contribution is -0.137. The molecule has 2 aromatic carbocycles. The molecule has 1 unspecified atom stereocenters. The van der Waals surface area contributed by atoms with Crippen molar-refractivity contribution in [2.75, 3.05) is 0 Å². The highest BCUT2D eigenvalue weighted by Crippen LogP contribution is 2.30.